The molecule has 0 atom stereocenters. The third-order valence-electron chi connectivity index (χ3n) is 3.54. The van der Waals surface area contributed by atoms with Crippen molar-refractivity contribution in [1.82, 2.24) is 5.32 Å². The molecule has 2 amide bonds. The highest BCUT2D eigenvalue weighted by Gasteiger charge is 2.11. The Morgan fingerprint density at radius 1 is 1.04 bits per heavy atom. The fourth-order valence-electron chi connectivity index (χ4n) is 2.02. The monoisotopic (exact) mass is 327 g/mol. The van der Waals surface area contributed by atoms with Gasteiger partial charge in [0, 0.05) is 23.4 Å². The number of carbonyl (C=O) groups is 2. The van der Waals surface area contributed by atoms with E-state index in [9.17, 15) is 19.7 Å². The number of hydrogen-bond acceptors (Lipinski definition) is 4. The zero-order valence-electron chi connectivity index (χ0n) is 13.3. The van der Waals surface area contributed by atoms with E-state index in [0.717, 1.165) is 11.1 Å². The van der Waals surface area contributed by atoms with Crippen LogP contribution in [0.5, 0.6) is 0 Å². The molecule has 0 saturated heterocycles. The molecule has 0 fully saturated rings. The lowest BCUT2D eigenvalue weighted by Crippen LogP contribution is -2.32. The number of nitro groups is 1. The maximum absolute atomic E-state index is 11.9. The summed E-state index contributed by atoms with van der Waals surface area (Å²) in [6.07, 6.45) is 0. The third kappa shape index (κ3) is 4.39. The number of nitro benzene ring substituents is 1. The molecule has 0 aliphatic carbocycles. The predicted octanol–water partition coefficient (Wildman–Crippen LogP) is 2.58. The van der Waals surface area contributed by atoms with Gasteiger partial charge in [-0.1, -0.05) is 6.07 Å². The molecule has 0 aliphatic heterocycles. The van der Waals surface area contributed by atoms with Crippen molar-refractivity contribution in [1.29, 1.82) is 0 Å². The van der Waals surface area contributed by atoms with Gasteiger partial charge in [-0.25, -0.2) is 0 Å². The molecule has 0 saturated carbocycles. The maximum atomic E-state index is 11.9. The van der Waals surface area contributed by atoms with Gasteiger partial charge in [0.15, 0.2) is 0 Å². The lowest BCUT2D eigenvalue weighted by molar-refractivity contribution is -0.384. The number of non-ortho nitro benzene ring substituents is 1. The molecule has 2 aromatic carbocycles. The Morgan fingerprint density at radius 2 is 1.71 bits per heavy atom. The standard InChI is InChI=1S/C17H17N3O4/c1-11-3-6-14(9-12(11)2)19-16(21)10-18-17(22)13-4-7-15(8-5-13)20(23)24/h3-9H,10H2,1-2H3,(H,18,22)(H,19,21). The molecule has 0 heterocycles. The zero-order valence-corrected chi connectivity index (χ0v) is 13.3. The van der Waals surface area contributed by atoms with Gasteiger partial charge in [0.2, 0.25) is 5.91 Å². The van der Waals surface area contributed by atoms with Crippen molar-refractivity contribution >= 4 is 23.2 Å². The first-order valence-electron chi connectivity index (χ1n) is 7.26. The van der Waals surface area contributed by atoms with Crippen molar-refractivity contribution in [3.05, 3.63) is 69.3 Å². The molecule has 124 valence electrons. The van der Waals surface area contributed by atoms with Crippen LogP contribution in [0.4, 0.5) is 11.4 Å². The summed E-state index contributed by atoms with van der Waals surface area (Å²) < 4.78 is 0. The molecule has 0 aromatic heterocycles. The number of rotatable bonds is 5. The molecular formula is C17H17N3O4. The van der Waals surface area contributed by atoms with Gasteiger partial charge in [-0.2, -0.15) is 0 Å². The first-order valence-corrected chi connectivity index (χ1v) is 7.26. The van der Waals surface area contributed by atoms with Gasteiger partial charge in [-0.15, -0.1) is 0 Å². The van der Waals surface area contributed by atoms with Crippen molar-refractivity contribution in [2.75, 3.05) is 11.9 Å². The maximum Gasteiger partial charge on any atom is 0.269 e. The highest BCUT2D eigenvalue weighted by molar-refractivity contribution is 5.99. The van der Waals surface area contributed by atoms with Crippen molar-refractivity contribution in [2.45, 2.75) is 13.8 Å². The van der Waals surface area contributed by atoms with Crippen LogP contribution in [-0.4, -0.2) is 23.3 Å². The van der Waals surface area contributed by atoms with E-state index in [-0.39, 0.29) is 23.7 Å². The fraction of sp³-hybridized carbons (Fsp3) is 0.176. The predicted molar refractivity (Wildman–Crippen MR) is 90.0 cm³/mol. The molecule has 0 spiro atoms. The van der Waals surface area contributed by atoms with E-state index in [1.165, 1.54) is 24.3 Å². The van der Waals surface area contributed by atoms with Gasteiger partial charge in [-0.3, -0.25) is 19.7 Å². The molecule has 0 radical (unpaired) electrons. The summed E-state index contributed by atoms with van der Waals surface area (Å²) in [5.41, 5.74) is 2.99. The number of carbonyl (C=O) groups excluding carboxylic acids is 2. The molecule has 7 heteroatoms. The number of aryl methyl sites for hydroxylation is 2. The van der Waals surface area contributed by atoms with Crippen LogP contribution in [0, 0.1) is 24.0 Å². The van der Waals surface area contributed by atoms with E-state index in [0.29, 0.717) is 5.69 Å². The quantitative estimate of drug-likeness (QED) is 0.651. The third-order valence-corrected chi connectivity index (χ3v) is 3.54. The molecule has 7 nitrogen and oxygen atoms in total. The van der Waals surface area contributed by atoms with Crippen molar-refractivity contribution < 1.29 is 14.5 Å². The Hall–Kier alpha value is -3.22. The van der Waals surface area contributed by atoms with E-state index in [1.54, 1.807) is 6.07 Å². The van der Waals surface area contributed by atoms with Crippen LogP contribution in [0.15, 0.2) is 42.5 Å². The smallest absolute Gasteiger partial charge is 0.269 e. The Bertz CT molecular complexity index is 785. The summed E-state index contributed by atoms with van der Waals surface area (Å²) in [5, 5.41) is 15.7. The minimum Gasteiger partial charge on any atom is -0.343 e. The lowest BCUT2D eigenvalue weighted by Gasteiger charge is -2.08. The van der Waals surface area contributed by atoms with Gasteiger partial charge in [0.05, 0.1) is 11.5 Å². The largest absolute Gasteiger partial charge is 0.343 e. The van der Waals surface area contributed by atoms with E-state index in [4.69, 9.17) is 0 Å². The minimum atomic E-state index is -0.543. The minimum absolute atomic E-state index is 0.0981. The van der Waals surface area contributed by atoms with E-state index in [2.05, 4.69) is 10.6 Å². The van der Waals surface area contributed by atoms with Crippen molar-refractivity contribution in [3.63, 3.8) is 0 Å². The van der Waals surface area contributed by atoms with Gasteiger partial charge in [-0.05, 0) is 49.2 Å². The Balaban J connectivity index is 1.89. The van der Waals surface area contributed by atoms with Crippen molar-refractivity contribution in [3.8, 4) is 0 Å². The average molecular weight is 327 g/mol. The summed E-state index contributed by atoms with van der Waals surface area (Å²) in [7, 11) is 0. The van der Waals surface area contributed by atoms with Gasteiger partial charge >= 0.3 is 0 Å². The summed E-state index contributed by atoms with van der Waals surface area (Å²) in [6, 6.07) is 10.7. The highest BCUT2D eigenvalue weighted by atomic mass is 16.6. The SMILES string of the molecule is Cc1ccc(NC(=O)CNC(=O)c2ccc([N+](=O)[O-])cc2)cc1C. The number of nitrogens with zero attached hydrogens (tertiary/aromatic N) is 1. The highest BCUT2D eigenvalue weighted by Crippen LogP contribution is 2.14. The van der Waals surface area contributed by atoms with Crippen molar-refractivity contribution in [2.24, 2.45) is 0 Å². The molecule has 2 N–H and O–H groups in total. The molecule has 0 bridgehead atoms. The first-order chi connectivity index (χ1) is 11.4. The second kappa shape index (κ2) is 7.36. The number of amides is 2. The summed E-state index contributed by atoms with van der Waals surface area (Å²) in [6.45, 7) is 3.73. The van der Waals surface area contributed by atoms with Crippen LogP contribution in [0.1, 0.15) is 21.5 Å². The van der Waals surface area contributed by atoms with Crippen LogP contribution in [0.3, 0.4) is 0 Å². The van der Waals surface area contributed by atoms with Gasteiger partial charge in [0.25, 0.3) is 11.6 Å². The zero-order chi connectivity index (χ0) is 17.7. The Morgan fingerprint density at radius 3 is 2.29 bits per heavy atom. The molecule has 2 rings (SSSR count). The number of benzene rings is 2. The molecule has 24 heavy (non-hydrogen) atoms. The van der Waals surface area contributed by atoms with Crippen LogP contribution in [0.25, 0.3) is 0 Å². The fourth-order valence-corrected chi connectivity index (χ4v) is 2.02. The lowest BCUT2D eigenvalue weighted by atomic mass is 10.1. The molecule has 0 aliphatic rings. The first kappa shape index (κ1) is 17.1. The number of anilines is 1. The Kier molecular flexibility index (Phi) is 5.26. The summed E-state index contributed by atoms with van der Waals surface area (Å²) in [4.78, 5) is 33.8. The van der Waals surface area contributed by atoms with E-state index in [1.807, 2.05) is 26.0 Å². The summed E-state index contributed by atoms with van der Waals surface area (Å²) in [5.74, 6) is -0.825. The van der Waals surface area contributed by atoms with Crippen LogP contribution in [0.2, 0.25) is 0 Å². The normalized spacial score (nSPS) is 10.1. The van der Waals surface area contributed by atoms with Gasteiger partial charge in [0.1, 0.15) is 0 Å². The topological polar surface area (TPSA) is 101 Å². The van der Waals surface area contributed by atoms with Crippen LogP contribution >= 0.6 is 0 Å². The van der Waals surface area contributed by atoms with Crippen LogP contribution < -0.4 is 10.6 Å². The van der Waals surface area contributed by atoms with Gasteiger partial charge < -0.3 is 10.6 Å². The average Bonchev–Trinajstić information content (AvgIpc) is 2.56. The number of hydrogen-bond donors (Lipinski definition) is 2. The van der Waals surface area contributed by atoms with E-state index >= 15 is 0 Å². The Labute approximate surface area is 138 Å². The number of nitrogens with one attached hydrogen (secondary N) is 2. The molecular weight excluding hydrogens is 310 g/mol. The molecule has 0 unspecified atom stereocenters. The molecule has 2 aromatic rings. The second-order valence-electron chi connectivity index (χ2n) is 5.33. The second-order valence-corrected chi connectivity index (χ2v) is 5.33. The van der Waals surface area contributed by atoms with Crippen LogP contribution in [-0.2, 0) is 4.79 Å². The van der Waals surface area contributed by atoms with E-state index < -0.39 is 10.8 Å². The summed E-state index contributed by atoms with van der Waals surface area (Å²) >= 11 is 0.